The van der Waals surface area contributed by atoms with E-state index in [0.717, 1.165) is 36.8 Å². The first-order valence-electron chi connectivity index (χ1n) is 24.1. The summed E-state index contributed by atoms with van der Waals surface area (Å²) in [5, 5.41) is 11.6. The van der Waals surface area contributed by atoms with Gasteiger partial charge in [0.05, 0.1) is 38.0 Å². The molecular weight excluding hydrogens is 867 g/mol. The topological polar surface area (TPSA) is 212 Å². The molecule has 68 heavy (non-hydrogen) atoms. The molecule has 2 aromatic carbocycles. The van der Waals surface area contributed by atoms with Crippen molar-refractivity contribution in [2.45, 2.75) is 147 Å². The number of ether oxygens (including phenoxy) is 1. The number of Topliss-reactive ketones (excluding diaryl/α,β-unsaturated/α-hetero) is 1. The largest absolute Gasteiger partial charge is 0.497 e. The standard InChI is InChI=1S/C51H67N9O8/c1-7-16-37(42(61)47(65)54-32(2)34-18-10-8-11-19-34)55-45(63)40-28-51(59-26-15-23-39(59)48(66)60(51)30-33-17-14-22-36(27-33)68-6)31-58(40)49(67)43(50(3,4)5)57-46(64)41(35-20-12-9-13-21-35)56-44(62)38-29-52-24-25-53-38/h8,10-11,14,17-19,22,24-25,27,29,32,35,37,39-41,43H,7,9,12-13,15-16,20-21,23,26,28,30-31H2,1-6H3,(H,54,65)(H,55,63)(H,56,62)(H,57,64)/t32-,37?,39?,40-,41-,43+,51?/m0/s1. The van der Waals surface area contributed by atoms with E-state index in [9.17, 15) is 24.0 Å². The highest BCUT2D eigenvalue weighted by Crippen LogP contribution is 2.47. The summed E-state index contributed by atoms with van der Waals surface area (Å²) in [7, 11) is 1.57. The van der Waals surface area contributed by atoms with Crippen molar-refractivity contribution in [2.75, 3.05) is 20.2 Å². The summed E-state index contributed by atoms with van der Waals surface area (Å²) in [5.41, 5.74) is -0.420. The molecule has 1 spiro atoms. The zero-order valence-corrected chi connectivity index (χ0v) is 40.2. The first kappa shape index (κ1) is 49.7. The summed E-state index contributed by atoms with van der Waals surface area (Å²) in [5.74, 6) is -3.71. The molecule has 3 aliphatic heterocycles. The van der Waals surface area contributed by atoms with E-state index in [1.54, 1.807) is 18.9 Å². The van der Waals surface area contributed by atoms with Crippen LogP contribution in [0.25, 0.3) is 0 Å². The molecule has 364 valence electrons. The van der Waals surface area contributed by atoms with E-state index in [0.29, 0.717) is 38.0 Å². The lowest BCUT2D eigenvalue weighted by molar-refractivity contribution is -0.146. The number of benzene rings is 2. The highest BCUT2D eigenvalue weighted by Gasteiger charge is 2.65. The van der Waals surface area contributed by atoms with Gasteiger partial charge >= 0.3 is 0 Å². The highest BCUT2D eigenvalue weighted by molar-refractivity contribution is 6.38. The van der Waals surface area contributed by atoms with Crippen molar-refractivity contribution < 1.29 is 38.3 Å². The number of aromatic nitrogens is 2. The van der Waals surface area contributed by atoms with Crippen molar-refractivity contribution in [3.05, 3.63) is 90.0 Å². The number of amides is 6. The van der Waals surface area contributed by atoms with Gasteiger partial charge in [0.25, 0.3) is 11.8 Å². The van der Waals surface area contributed by atoms with E-state index in [1.165, 1.54) is 23.5 Å². The molecule has 7 atom stereocenters. The van der Waals surface area contributed by atoms with E-state index in [-0.39, 0.29) is 43.5 Å². The van der Waals surface area contributed by atoms with Crippen LogP contribution in [0.15, 0.2) is 73.2 Å². The van der Waals surface area contributed by atoms with Gasteiger partial charge in [0.15, 0.2) is 0 Å². The quantitative estimate of drug-likeness (QED) is 0.141. The second-order valence-electron chi connectivity index (χ2n) is 19.9. The Bertz CT molecular complexity index is 2320. The number of ketones is 1. The van der Waals surface area contributed by atoms with Crippen molar-refractivity contribution >= 4 is 41.2 Å². The molecule has 6 amide bonds. The van der Waals surface area contributed by atoms with Gasteiger partial charge in [0.1, 0.15) is 35.2 Å². The zero-order chi connectivity index (χ0) is 48.8. The zero-order valence-electron chi connectivity index (χ0n) is 40.2. The number of rotatable bonds is 17. The first-order chi connectivity index (χ1) is 32.6. The summed E-state index contributed by atoms with van der Waals surface area (Å²) >= 11 is 0. The van der Waals surface area contributed by atoms with Crippen LogP contribution < -0.4 is 26.0 Å². The number of carbonyl (C=O) groups is 7. The predicted octanol–water partition coefficient (Wildman–Crippen LogP) is 4.23. The first-order valence-corrected chi connectivity index (χ1v) is 24.1. The molecule has 0 radical (unpaired) electrons. The lowest BCUT2D eigenvalue weighted by atomic mass is 9.82. The van der Waals surface area contributed by atoms with Gasteiger partial charge in [-0.1, -0.05) is 95.8 Å². The van der Waals surface area contributed by atoms with Gasteiger partial charge in [-0.05, 0) is 73.6 Å². The maximum atomic E-state index is 15.6. The highest BCUT2D eigenvalue weighted by atomic mass is 16.5. The van der Waals surface area contributed by atoms with Crippen molar-refractivity contribution in [1.82, 2.24) is 45.9 Å². The normalized spacial score (nSPS) is 22.5. The molecule has 3 saturated heterocycles. The van der Waals surface area contributed by atoms with Crippen LogP contribution >= 0.6 is 0 Å². The number of nitrogens with one attached hydrogen (secondary N) is 4. The fourth-order valence-electron chi connectivity index (χ4n) is 10.6. The molecule has 1 aromatic heterocycles. The monoisotopic (exact) mass is 934 g/mol. The van der Waals surface area contributed by atoms with Gasteiger partial charge in [-0.15, -0.1) is 0 Å². The third kappa shape index (κ3) is 10.7. The van der Waals surface area contributed by atoms with Crippen LogP contribution in [0.1, 0.15) is 126 Å². The Kier molecular flexibility index (Phi) is 15.6. The fraction of sp³-hybridized carbons (Fsp3) is 0.549. The van der Waals surface area contributed by atoms with Gasteiger partial charge in [0, 0.05) is 31.9 Å². The molecule has 4 aliphatic rings. The second kappa shape index (κ2) is 21.4. The summed E-state index contributed by atoms with van der Waals surface area (Å²) in [6, 6.07) is 11.0. The average Bonchev–Trinajstić information content (AvgIpc) is 4.05. The Morgan fingerprint density at radius 1 is 0.897 bits per heavy atom. The fourth-order valence-corrected chi connectivity index (χ4v) is 10.6. The molecule has 17 nitrogen and oxygen atoms in total. The van der Waals surface area contributed by atoms with Gasteiger partial charge < -0.3 is 35.8 Å². The molecule has 4 heterocycles. The SMILES string of the molecule is CCCC(NC(=O)[C@@H]1CC2(CN1C(=O)[C@@H](NC(=O)[C@@H](NC(=O)c1cnccn1)C1CCCCC1)C(C)(C)C)N(Cc1cccc(OC)c1)C(=O)C1CCCN12)C(=O)C(=O)N[C@@H](C)c1ccccc1. The van der Waals surface area contributed by atoms with Crippen LogP contribution in [0.5, 0.6) is 5.75 Å². The molecule has 4 fully saturated rings. The van der Waals surface area contributed by atoms with E-state index < -0.39 is 82.6 Å². The smallest absolute Gasteiger partial charge is 0.290 e. The predicted molar refractivity (Wildman–Crippen MR) is 252 cm³/mol. The third-order valence-electron chi connectivity index (χ3n) is 14.2. The molecule has 1 saturated carbocycles. The maximum Gasteiger partial charge on any atom is 0.290 e. The summed E-state index contributed by atoms with van der Waals surface area (Å²) in [6.07, 6.45) is 10.3. The lowest BCUT2D eigenvalue weighted by Gasteiger charge is -2.41. The van der Waals surface area contributed by atoms with Crippen molar-refractivity contribution in [3.8, 4) is 5.75 Å². The molecule has 17 heteroatoms. The molecule has 1 aliphatic carbocycles. The van der Waals surface area contributed by atoms with Crippen LogP contribution in [0, 0.1) is 11.3 Å². The third-order valence-corrected chi connectivity index (χ3v) is 14.2. The van der Waals surface area contributed by atoms with Crippen LogP contribution in [-0.2, 0) is 35.3 Å². The average molecular weight is 934 g/mol. The second-order valence-corrected chi connectivity index (χ2v) is 19.9. The van der Waals surface area contributed by atoms with E-state index >= 15 is 9.59 Å². The number of methoxy groups -OCH3 is 1. The number of nitrogens with zero attached hydrogens (tertiary/aromatic N) is 5. The number of likely N-dealkylation sites (tertiary alicyclic amines) is 1. The molecular formula is C51H67N9O8. The molecule has 0 bridgehead atoms. The minimum absolute atomic E-state index is 0.00469. The Balaban J connectivity index is 1.23. The molecule has 3 aromatic rings. The molecule has 3 unspecified atom stereocenters. The van der Waals surface area contributed by atoms with E-state index in [1.807, 2.05) is 82.3 Å². The van der Waals surface area contributed by atoms with Crippen LogP contribution in [0.3, 0.4) is 0 Å². The Morgan fingerprint density at radius 2 is 1.65 bits per heavy atom. The van der Waals surface area contributed by atoms with Crippen molar-refractivity contribution in [3.63, 3.8) is 0 Å². The van der Waals surface area contributed by atoms with Crippen LogP contribution in [0.4, 0.5) is 0 Å². The van der Waals surface area contributed by atoms with E-state index in [2.05, 4.69) is 36.1 Å². The number of carbonyl (C=O) groups excluding carboxylic acids is 7. The van der Waals surface area contributed by atoms with Crippen molar-refractivity contribution in [2.24, 2.45) is 11.3 Å². The Labute approximate surface area is 398 Å². The maximum absolute atomic E-state index is 15.6. The van der Waals surface area contributed by atoms with Gasteiger partial charge in [-0.3, -0.25) is 43.4 Å². The van der Waals surface area contributed by atoms with Crippen molar-refractivity contribution in [1.29, 1.82) is 0 Å². The lowest BCUT2D eigenvalue weighted by Crippen LogP contribution is -2.62. The summed E-state index contributed by atoms with van der Waals surface area (Å²) in [4.78, 5) is 115. The summed E-state index contributed by atoms with van der Waals surface area (Å²) < 4.78 is 5.52. The van der Waals surface area contributed by atoms with Crippen LogP contribution in [0.2, 0.25) is 0 Å². The Hall–Kier alpha value is -6.23. The van der Waals surface area contributed by atoms with Gasteiger partial charge in [-0.25, -0.2) is 4.98 Å². The molecule has 4 N–H and O–H groups in total. The van der Waals surface area contributed by atoms with Gasteiger partial charge in [-0.2, -0.15) is 0 Å². The number of fused-ring (bicyclic) bond motifs is 2. The van der Waals surface area contributed by atoms with Gasteiger partial charge in [0.2, 0.25) is 29.4 Å². The Morgan fingerprint density at radius 3 is 2.32 bits per heavy atom. The van der Waals surface area contributed by atoms with E-state index in [4.69, 9.17) is 4.74 Å². The summed E-state index contributed by atoms with van der Waals surface area (Å²) in [6.45, 7) is 9.72. The molecule has 7 rings (SSSR count). The minimum atomic E-state index is -1.23. The minimum Gasteiger partial charge on any atom is -0.497 e. The number of hydrogen-bond acceptors (Lipinski definition) is 11. The number of hydrogen-bond donors (Lipinski definition) is 4. The van der Waals surface area contributed by atoms with Crippen LogP contribution in [-0.4, -0.2) is 122 Å².